The van der Waals surface area contributed by atoms with Crippen LogP contribution in [0.3, 0.4) is 0 Å². The Morgan fingerprint density at radius 3 is 1.73 bits per heavy atom. The molecule has 2 heterocycles. The standard InChI is InChI=1S/C41H25N3O/c1-2-11-28(12-3-1)39-42-40(29-21-18-27(19-22-29)31-23-20-26-10-4-5-13-30(26)24-31)44-41(43-39)36-25-35-33-15-8-9-17-37(33)45-38(35)34-16-7-6-14-32(34)36/h1-25H. The average Bonchev–Trinajstić information content (AvgIpc) is 3.50. The molecule has 2 aromatic heterocycles. The predicted molar refractivity (Wildman–Crippen MR) is 184 cm³/mol. The molecule has 0 amide bonds. The van der Waals surface area contributed by atoms with Crippen molar-refractivity contribution >= 4 is 43.5 Å². The molecule has 4 nitrogen and oxygen atoms in total. The van der Waals surface area contributed by atoms with Crippen molar-refractivity contribution in [1.82, 2.24) is 15.0 Å². The summed E-state index contributed by atoms with van der Waals surface area (Å²) >= 11 is 0. The van der Waals surface area contributed by atoms with Crippen molar-refractivity contribution < 1.29 is 4.42 Å². The first-order chi connectivity index (χ1) is 22.3. The number of aromatic nitrogens is 3. The molecule has 0 atom stereocenters. The summed E-state index contributed by atoms with van der Waals surface area (Å²) in [6.45, 7) is 0. The third kappa shape index (κ3) is 4.35. The van der Waals surface area contributed by atoms with Crippen LogP contribution in [0.2, 0.25) is 0 Å². The second-order valence-electron chi connectivity index (χ2n) is 11.3. The highest BCUT2D eigenvalue weighted by Crippen LogP contribution is 2.39. The maximum Gasteiger partial charge on any atom is 0.164 e. The Morgan fingerprint density at radius 2 is 0.933 bits per heavy atom. The predicted octanol–water partition coefficient (Wildman–Crippen LogP) is 10.7. The topological polar surface area (TPSA) is 51.8 Å². The Kier molecular flexibility index (Phi) is 5.78. The third-order valence-corrected chi connectivity index (χ3v) is 8.52. The number of furan rings is 1. The minimum Gasteiger partial charge on any atom is -0.455 e. The van der Waals surface area contributed by atoms with E-state index in [1.165, 1.54) is 16.3 Å². The first kappa shape index (κ1) is 25.4. The Hall–Kier alpha value is -6.13. The second-order valence-corrected chi connectivity index (χ2v) is 11.3. The Morgan fingerprint density at radius 1 is 0.356 bits per heavy atom. The van der Waals surface area contributed by atoms with E-state index in [1.807, 2.05) is 60.7 Å². The number of hydrogen-bond acceptors (Lipinski definition) is 4. The van der Waals surface area contributed by atoms with Crippen LogP contribution in [0.15, 0.2) is 156 Å². The second kappa shape index (κ2) is 10.2. The van der Waals surface area contributed by atoms with Gasteiger partial charge in [0.15, 0.2) is 17.5 Å². The summed E-state index contributed by atoms with van der Waals surface area (Å²) in [5.74, 6) is 1.89. The van der Waals surface area contributed by atoms with E-state index < -0.39 is 0 Å². The van der Waals surface area contributed by atoms with Gasteiger partial charge in [-0.2, -0.15) is 0 Å². The molecule has 0 aliphatic carbocycles. The average molecular weight is 576 g/mol. The van der Waals surface area contributed by atoms with E-state index >= 15 is 0 Å². The number of nitrogens with zero attached hydrogens (tertiary/aromatic N) is 3. The van der Waals surface area contributed by atoms with Gasteiger partial charge >= 0.3 is 0 Å². The summed E-state index contributed by atoms with van der Waals surface area (Å²) in [7, 11) is 0. The van der Waals surface area contributed by atoms with Gasteiger partial charge < -0.3 is 4.42 Å². The highest BCUT2D eigenvalue weighted by molar-refractivity contribution is 6.18. The maximum absolute atomic E-state index is 6.36. The molecule has 4 heteroatoms. The van der Waals surface area contributed by atoms with E-state index in [1.54, 1.807) is 0 Å². The fourth-order valence-electron chi connectivity index (χ4n) is 6.25. The van der Waals surface area contributed by atoms with Crippen molar-refractivity contribution in [2.75, 3.05) is 0 Å². The number of benzene rings is 7. The lowest BCUT2D eigenvalue weighted by molar-refractivity contribution is 0.672. The molecule has 0 aliphatic rings. The van der Waals surface area contributed by atoms with E-state index in [-0.39, 0.29) is 0 Å². The van der Waals surface area contributed by atoms with Crippen LogP contribution in [0.1, 0.15) is 0 Å². The number of hydrogen-bond donors (Lipinski definition) is 0. The van der Waals surface area contributed by atoms with Crippen molar-refractivity contribution in [1.29, 1.82) is 0 Å². The molecule has 0 saturated heterocycles. The number of para-hydroxylation sites is 1. The fraction of sp³-hybridized carbons (Fsp3) is 0. The molecule has 210 valence electrons. The largest absolute Gasteiger partial charge is 0.455 e. The van der Waals surface area contributed by atoms with Crippen LogP contribution in [0.5, 0.6) is 0 Å². The smallest absolute Gasteiger partial charge is 0.164 e. The zero-order chi connectivity index (χ0) is 29.7. The summed E-state index contributed by atoms with van der Waals surface area (Å²) < 4.78 is 6.36. The van der Waals surface area contributed by atoms with Gasteiger partial charge in [-0.25, -0.2) is 15.0 Å². The minimum absolute atomic E-state index is 0.626. The van der Waals surface area contributed by atoms with Gasteiger partial charge in [-0.05, 0) is 45.5 Å². The summed E-state index contributed by atoms with van der Waals surface area (Å²) in [6, 6.07) is 52.3. The molecule has 0 bridgehead atoms. The van der Waals surface area contributed by atoms with Crippen LogP contribution < -0.4 is 0 Å². The zero-order valence-electron chi connectivity index (χ0n) is 24.2. The van der Waals surface area contributed by atoms with E-state index in [2.05, 4.69) is 91.0 Å². The molecule has 0 radical (unpaired) electrons. The fourth-order valence-corrected chi connectivity index (χ4v) is 6.25. The summed E-state index contributed by atoms with van der Waals surface area (Å²) in [5.41, 5.74) is 6.87. The molecule has 0 spiro atoms. The normalized spacial score (nSPS) is 11.6. The van der Waals surface area contributed by atoms with Gasteiger partial charge in [-0.3, -0.25) is 0 Å². The van der Waals surface area contributed by atoms with E-state index in [0.717, 1.165) is 55.0 Å². The molecule has 0 fully saturated rings. The molecule has 0 aliphatic heterocycles. The molecule has 0 N–H and O–H groups in total. The van der Waals surface area contributed by atoms with Gasteiger partial charge in [0.1, 0.15) is 11.2 Å². The van der Waals surface area contributed by atoms with Crippen molar-refractivity contribution in [3.05, 3.63) is 152 Å². The quantitative estimate of drug-likeness (QED) is 0.209. The zero-order valence-corrected chi connectivity index (χ0v) is 24.2. The van der Waals surface area contributed by atoms with Crippen LogP contribution in [-0.4, -0.2) is 15.0 Å². The van der Waals surface area contributed by atoms with E-state index in [9.17, 15) is 0 Å². The van der Waals surface area contributed by atoms with Crippen molar-refractivity contribution in [2.45, 2.75) is 0 Å². The van der Waals surface area contributed by atoms with Gasteiger partial charge in [0.25, 0.3) is 0 Å². The first-order valence-electron chi connectivity index (χ1n) is 15.0. The van der Waals surface area contributed by atoms with Crippen LogP contribution in [-0.2, 0) is 0 Å². The first-order valence-corrected chi connectivity index (χ1v) is 15.0. The molecule has 45 heavy (non-hydrogen) atoms. The van der Waals surface area contributed by atoms with Crippen LogP contribution >= 0.6 is 0 Å². The van der Waals surface area contributed by atoms with Crippen molar-refractivity contribution in [3.63, 3.8) is 0 Å². The van der Waals surface area contributed by atoms with Gasteiger partial charge in [-0.1, -0.05) is 133 Å². The van der Waals surface area contributed by atoms with Crippen LogP contribution in [0.4, 0.5) is 0 Å². The molecule has 9 rings (SSSR count). The number of fused-ring (bicyclic) bond motifs is 6. The monoisotopic (exact) mass is 575 g/mol. The van der Waals surface area contributed by atoms with Gasteiger partial charge in [-0.15, -0.1) is 0 Å². The molecule has 0 saturated carbocycles. The summed E-state index contributed by atoms with van der Waals surface area (Å²) in [4.78, 5) is 15.2. The molecule has 7 aromatic carbocycles. The number of rotatable bonds is 4. The van der Waals surface area contributed by atoms with Gasteiger partial charge in [0.2, 0.25) is 0 Å². The van der Waals surface area contributed by atoms with Crippen LogP contribution in [0.25, 0.3) is 88.8 Å². The molecular formula is C41H25N3O. The van der Waals surface area contributed by atoms with Gasteiger partial charge in [0, 0.05) is 32.8 Å². The minimum atomic E-state index is 0.626. The van der Waals surface area contributed by atoms with Crippen molar-refractivity contribution in [3.8, 4) is 45.3 Å². The van der Waals surface area contributed by atoms with E-state index in [0.29, 0.717) is 17.5 Å². The Balaban J connectivity index is 1.23. The highest BCUT2D eigenvalue weighted by Gasteiger charge is 2.18. The lowest BCUT2D eigenvalue weighted by Crippen LogP contribution is -2.00. The SMILES string of the molecule is c1ccc(-c2nc(-c3ccc(-c4ccc5ccccc5c4)cc3)nc(-c3cc4c5ccccc5oc4c4ccccc34)n2)cc1. The van der Waals surface area contributed by atoms with Crippen LogP contribution in [0, 0.1) is 0 Å². The third-order valence-electron chi connectivity index (χ3n) is 8.52. The Labute approximate surface area is 259 Å². The van der Waals surface area contributed by atoms with E-state index in [4.69, 9.17) is 19.4 Å². The maximum atomic E-state index is 6.36. The molecule has 0 unspecified atom stereocenters. The lowest BCUT2D eigenvalue weighted by Gasteiger charge is -2.11. The highest BCUT2D eigenvalue weighted by atomic mass is 16.3. The van der Waals surface area contributed by atoms with Gasteiger partial charge in [0.05, 0.1) is 0 Å². The molecular weight excluding hydrogens is 550 g/mol. The Bertz CT molecular complexity index is 2530. The van der Waals surface area contributed by atoms with Crippen molar-refractivity contribution in [2.24, 2.45) is 0 Å². The summed E-state index contributed by atoms with van der Waals surface area (Å²) in [5, 5.41) is 6.64. The summed E-state index contributed by atoms with van der Waals surface area (Å²) in [6.07, 6.45) is 0. The lowest BCUT2D eigenvalue weighted by atomic mass is 9.99. The molecule has 9 aromatic rings.